The molecule has 0 spiro atoms. The van der Waals surface area contributed by atoms with Crippen molar-refractivity contribution >= 4 is 28.9 Å². The van der Waals surface area contributed by atoms with Crippen LogP contribution in [0.25, 0.3) is 0 Å². The number of carbonyl (C=O) groups excluding carboxylic acids is 1. The number of aromatic nitrogens is 1. The monoisotopic (exact) mass is 291 g/mol. The molecule has 0 atom stereocenters. The van der Waals surface area contributed by atoms with Crippen LogP contribution in [-0.4, -0.2) is 15.8 Å². The van der Waals surface area contributed by atoms with Crippen molar-refractivity contribution in [2.75, 3.05) is 5.32 Å². The first kappa shape index (κ1) is 14.0. The van der Waals surface area contributed by atoms with Gasteiger partial charge in [0.2, 0.25) is 0 Å². The molecule has 102 valence electrons. The average Bonchev–Trinajstić information content (AvgIpc) is 2.38. The van der Waals surface area contributed by atoms with Gasteiger partial charge in [-0.2, -0.15) is 0 Å². The molecule has 0 aliphatic heterocycles. The van der Waals surface area contributed by atoms with E-state index in [1.807, 2.05) is 0 Å². The number of carbonyl (C=O) groups is 1. The third-order valence-corrected chi connectivity index (χ3v) is 2.94. The van der Waals surface area contributed by atoms with E-state index >= 15 is 0 Å². The number of amides is 1. The second-order valence-electron chi connectivity index (χ2n) is 4.09. The van der Waals surface area contributed by atoms with Gasteiger partial charge in [-0.1, -0.05) is 17.7 Å². The molecular formula is C13H10ClN3O3. The Bertz CT molecular complexity index is 688. The molecule has 1 N–H and O–H groups in total. The molecule has 0 unspecified atom stereocenters. The number of rotatable bonds is 3. The largest absolute Gasteiger partial charge is 0.316 e. The summed E-state index contributed by atoms with van der Waals surface area (Å²) >= 11 is 5.88. The Hall–Kier alpha value is -2.47. The van der Waals surface area contributed by atoms with Gasteiger partial charge in [0.25, 0.3) is 11.6 Å². The highest BCUT2D eigenvalue weighted by atomic mass is 35.5. The van der Waals surface area contributed by atoms with Crippen molar-refractivity contribution in [1.82, 2.24) is 4.98 Å². The van der Waals surface area contributed by atoms with E-state index in [1.165, 1.54) is 30.6 Å². The Morgan fingerprint density at radius 2 is 2.15 bits per heavy atom. The maximum absolute atomic E-state index is 12.1. The summed E-state index contributed by atoms with van der Waals surface area (Å²) < 4.78 is 0. The van der Waals surface area contributed by atoms with E-state index in [1.54, 1.807) is 13.0 Å². The molecule has 0 bridgehead atoms. The van der Waals surface area contributed by atoms with E-state index in [9.17, 15) is 14.9 Å². The van der Waals surface area contributed by atoms with Gasteiger partial charge in [0, 0.05) is 18.5 Å². The van der Waals surface area contributed by atoms with Crippen molar-refractivity contribution in [2.24, 2.45) is 0 Å². The van der Waals surface area contributed by atoms with Crippen molar-refractivity contribution in [3.8, 4) is 0 Å². The number of nitrogens with one attached hydrogen (secondary N) is 1. The van der Waals surface area contributed by atoms with Crippen LogP contribution in [0.1, 0.15) is 15.9 Å². The topological polar surface area (TPSA) is 85.1 Å². The number of nitrogens with zero attached hydrogens (tertiary/aromatic N) is 2. The molecule has 2 rings (SSSR count). The molecule has 2 aromatic rings. The third-order valence-electron chi connectivity index (χ3n) is 2.61. The molecule has 20 heavy (non-hydrogen) atoms. The zero-order valence-electron chi connectivity index (χ0n) is 10.5. The van der Waals surface area contributed by atoms with E-state index in [4.69, 9.17) is 11.6 Å². The SMILES string of the molecule is Cc1ccc([N+](=O)[O-])c(NC(=O)c2cnccc2Cl)c1. The van der Waals surface area contributed by atoms with Crippen molar-refractivity contribution in [2.45, 2.75) is 6.92 Å². The predicted octanol–water partition coefficient (Wildman–Crippen LogP) is 3.20. The summed E-state index contributed by atoms with van der Waals surface area (Å²) in [6.45, 7) is 1.77. The zero-order chi connectivity index (χ0) is 14.7. The molecule has 1 amide bonds. The summed E-state index contributed by atoms with van der Waals surface area (Å²) in [7, 11) is 0. The van der Waals surface area contributed by atoms with Crippen molar-refractivity contribution in [3.05, 3.63) is 62.9 Å². The van der Waals surface area contributed by atoms with Gasteiger partial charge in [-0.25, -0.2) is 0 Å². The van der Waals surface area contributed by atoms with Gasteiger partial charge in [-0.05, 0) is 24.6 Å². The van der Waals surface area contributed by atoms with Gasteiger partial charge >= 0.3 is 0 Å². The molecule has 6 nitrogen and oxygen atoms in total. The molecule has 0 radical (unpaired) electrons. The summed E-state index contributed by atoms with van der Waals surface area (Å²) in [5.74, 6) is -0.545. The second kappa shape index (κ2) is 5.66. The molecule has 1 aromatic carbocycles. The average molecular weight is 292 g/mol. The second-order valence-corrected chi connectivity index (χ2v) is 4.49. The van der Waals surface area contributed by atoms with E-state index in [-0.39, 0.29) is 22.0 Å². The number of nitro benzene ring substituents is 1. The quantitative estimate of drug-likeness (QED) is 0.695. The summed E-state index contributed by atoms with van der Waals surface area (Å²) in [6, 6.07) is 5.95. The van der Waals surface area contributed by atoms with Crippen LogP contribution in [0, 0.1) is 17.0 Å². The number of nitro groups is 1. The summed E-state index contributed by atoms with van der Waals surface area (Å²) in [6.07, 6.45) is 2.76. The van der Waals surface area contributed by atoms with Gasteiger partial charge in [-0.15, -0.1) is 0 Å². The minimum Gasteiger partial charge on any atom is -0.316 e. The number of benzene rings is 1. The zero-order valence-corrected chi connectivity index (χ0v) is 11.2. The predicted molar refractivity (Wildman–Crippen MR) is 75.0 cm³/mol. The molecule has 0 saturated carbocycles. The van der Waals surface area contributed by atoms with Crippen LogP contribution in [-0.2, 0) is 0 Å². The molecule has 0 fully saturated rings. The fourth-order valence-electron chi connectivity index (χ4n) is 1.64. The maximum Gasteiger partial charge on any atom is 0.292 e. The van der Waals surface area contributed by atoms with Gasteiger partial charge in [0.05, 0.1) is 15.5 Å². The maximum atomic E-state index is 12.1. The van der Waals surface area contributed by atoms with Gasteiger partial charge in [-0.3, -0.25) is 19.9 Å². The van der Waals surface area contributed by atoms with Crippen LogP contribution < -0.4 is 5.32 Å². The first-order chi connectivity index (χ1) is 9.49. The summed E-state index contributed by atoms with van der Waals surface area (Å²) in [4.78, 5) is 26.2. The Morgan fingerprint density at radius 3 is 2.80 bits per heavy atom. The first-order valence-corrected chi connectivity index (χ1v) is 6.02. The fourth-order valence-corrected chi connectivity index (χ4v) is 1.83. The highest BCUT2D eigenvalue weighted by Gasteiger charge is 2.18. The minimum atomic E-state index is -0.556. The third kappa shape index (κ3) is 2.92. The van der Waals surface area contributed by atoms with Crippen LogP contribution in [0.5, 0.6) is 0 Å². The number of aryl methyl sites for hydroxylation is 1. The number of anilines is 1. The minimum absolute atomic E-state index is 0.125. The van der Waals surface area contributed by atoms with Crippen LogP contribution in [0.2, 0.25) is 5.02 Å². The number of pyridine rings is 1. The van der Waals surface area contributed by atoms with E-state index in [2.05, 4.69) is 10.3 Å². The highest BCUT2D eigenvalue weighted by molar-refractivity contribution is 6.34. The molecule has 0 aliphatic carbocycles. The van der Waals surface area contributed by atoms with Gasteiger partial charge in [0.1, 0.15) is 5.69 Å². The molecule has 1 aromatic heterocycles. The van der Waals surface area contributed by atoms with Crippen molar-refractivity contribution in [1.29, 1.82) is 0 Å². The number of hydrogen-bond acceptors (Lipinski definition) is 4. The van der Waals surface area contributed by atoms with E-state index < -0.39 is 10.8 Å². The van der Waals surface area contributed by atoms with E-state index in [0.717, 1.165) is 5.56 Å². The smallest absolute Gasteiger partial charge is 0.292 e. The molecular weight excluding hydrogens is 282 g/mol. The highest BCUT2D eigenvalue weighted by Crippen LogP contribution is 2.26. The lowest BCUT2D eigenvalue weighted by Gasteiger charge is -2.07. The van der Waals surface area contributed by atoms with Crippen LogP contribution in [0.4, 0.5) is 11.4 Å². The number of hydrogen-bond donors (Lipinski definition) is 1. The Labute approximate surface area is 119 Å². The van der Waals surface area contributed by atoms with Gasteiger partial charge in [0.15, 0.2) is 0 Å². The number of halogens is 1. The van der Waals surface area contributed by atoms with Gasteiger partial charge < -0.3 is 5.32 Å². The summed E-state index contributed by atoms with van der Waals surface area (Å²) in [5.41, 5.74) is 0.900. The fraction of sp³-hybridized carbons (Fsp3) is 0.0769. The molecule has 7 heteroatoms. The first-order valence-electron chi connectivity index (χ1n) is 5.65. The van der Waals surface area contributed by atoms with Crippen LogP contribution in [0.15, 0.2) is 36.7 Å². The Kier molecular flexibility index (Phi) is 3.95. The van der Waals surface area contributed by atoms with Crippen LogP contribution >= 0.6 is 11.6 Å². The lowest BCUT2D eigenvalue weighted by molar-refractivity contribution is -0.383. The normalized spacial score (nSPS) is 10.1. The molecule has 1 heterocycles. The molecule has 0 saturated heterocycles. The van der Waals surface area contributed by atoms with Crippen molar-refractivity contribution < 1.29 is 9.72 Å². The Morgan fingerprint density at radius 1 is 1.40 bits per heavy atom. The lowest BCUT2D eigenvalue weighted by atomic mass is 10.2. The Balaban J connectivity index is 2.35. The van der Waals surface area contributed by atoms with E-state index in [0.29, 0.717) is 0 Å². The van der Waals surface area contributed by atoms with Crippen molar-refractivity contribution in [3.63, 3.8) is 0 Å². The molecule has 0 aliphatic rings. The lowest BCUT2D eigenvalue weighted by Crippen LogP contribution is -2.14. The van der Waals surface area contributed by atoms with Crippen LogP contribution in [0.3, 0.4) is 0 Å². The summed E-state index contributed by atoms with van der Waals surface area (Å²) in [5, 5.41) is 13.6. The standard InChI is InChI=1S/C13H10ClN3O3/c1-8-2-3-12(17(19)20)11(6-8)16-13(18)9-7-15-5-4-10(9)14/h2-7H,1H3,(H,16,18).